The smallest absolute Gasteiger partial charge is 0.338 e. The standard InChI is InChI=1S/C20H26N8O4/c1-12(2)10-15(18-26-17(28-32-18)16-22-11-23-27-16)25-20(30)24-14-6-4-13(5-7-14)19(29)31-9-3-8-21/h4-7,11-12,15H,3,8-10,21H2,1-2H3,(H,22,23,27)(H2,24,25,30). The molecule has 0 spiro atoms. The molecule has 1 atom stereocenters. The number of aromatic nitrogens is 5. The van der Waals surface area contributed by atoms with Crippen LogP contribution in [0.15, 0.2) is 35.1 Å². The number of nitrogens with two attached hydrogens (primary N) is 1. The molecule has 5 N–H and O–H groups in total. The van der Waals surface area contributed by atoms with Gasteiger partial charge in [0.15, 0.2) is 5.82 Å². The molecule has 12 heteroatoms. The molecule has 0 bridgehead atoms. The minimum atomic E-state index is -0.504. The Morgan fingerprint density at radius 2 is 2.03 bits per heavy atom. The molecule has 2 heterocycles. The fourth-order valence-corrected chi connectivity index (χ4v) is 2.83. The first-order valence-electron chi connectivity index (χ1n) is 10.2. The van der Waals surface area contributed by atoms with Crippen molar-refractivity contribution in [2.45, 2.75) is 32.7 Å². The highest BCUT2D eigenvalue weighted by atomic mass is 16.5. The van der Waals surface area contributed by atoms with E-state index in [4.69, 9.17) is 15.0 Å². The lowest BCUT2D eigenvalue weighted by Crippen LogP contribution is -2.33. The van der Waals surface area contributed by atoms with E-state index < -0.39 is 18.0 Å². The average Bonchev–Trinajstić information content (AvgIpc) is 3.45. The maximum absolute atomic E-state index is 12.6. The van der Waals surface area contributed by atoms with Gasteiger partial charge < -0.3 is 25.6 Å². The quantitative estimate of drug-likeness (QED) is 0.271. The van der Waals surface area contributed by atoms with Crippen LogP contribution in [0.25, 0.3) is 11.6 Å². The number of esters is 1. The Balaban J connectivity index is 1.61. The summed E-state index contributed by atoms with van der Waals surface area (Å²) in [6, 6.07) is 5.43. The third-order valence-corrected chi connectivity index (χ3v) is 4.34. The van der Waals surface area contributed by atoms with Gasteiger partial charge in [0, 0.05) is 5.69 Å². The van der Waals surface area contributed by atoms with Gasteiger partial charge in [0.25, 0.3) is 0 Å². The van der Waals surface area contributed by atoms with Gasteiger partial charge >= 0.3 is 12.0 Å². The normalized spacial score (nSPS) is 11.9. The monoisotopic (exact) mass is 442 g/mol. The molecule has 3 aromatic rings. The minimum absolute atomic E-state index is 0.252. The fourth-order valence-electron chi connectivity index (χ4n) is 2.83. The number of anilines is 1. The van der Waals surface area contributed by atoms with Crippen molar-refractivity contribution in [3.63, 3.8) is 0 Å². The van der Waals surface area contributed by atoms with Gasteiger partial charge in [-0.1, -0.05) is 19.0 Å². The van der Waals surface area contributed by atoms with Crippen LogP contribution in [0.3, 0.4) is 0 Å². The van der Waals surface area contributed by atoms with Crippen LogP contribution in [-0.4, -0.2) is 50.5 Å². The first kappa shape index (κ1) is 22.9. The SMILES string of the molecule is CC(C)CC(NC(=O)Nc1ccc(C(=O)OCCCN)cc1)c1nc(-c2ncn[nH]2)no1. The zero-order valence-corrected chi connectivity index (χ0v) is 17.9. The molecular formula is C20H26N8O4. The molecule has 2 amide bonds. The molecule has 1 unspecified atom stereocenters. The van der Waals surface area contributed by atoms with E-state index in [0.717, 1.165) is 0 Å². The Hall–Kier alpha value is -3.80. The molecule has 1 aromatic carbocycles. The molecule has 0 fully saturated rings. The second-order valence-corrected chi connectivity index (χ2v) is 7.43. The van der Waals surface area contributed by atoms with Crippen LogP contribution >= 0.6 is 0 Å². The summed E-state index contributed by atoms with van der Waals surface area (Å²) in [6.45, 7) is 4.76. The number of hydrogen-bond acceptors (Lipinski definition) is 9. The van der Waals surface area contributed by atoms with Crippen molar-refractivity contribution in [1.82, 2.24) is 30.6 Å². The lowest BCUT2D eigenvalue weighted by molar-refractivity contribution is 0.0503. The number of nitrogens with zero attached hydrogens (tertiary/aromatic N) is 4. The maximum atomic E-state index is 12.6. The highest BCUT2D eigenvalue weighted by molar-refractivity contribution is 5.92. The van der Waals surface area contributed by atoms with Gasteiger partial charge in [-0.2, -0.15) is 10.1 Å². The number of H-pyrrole nitrogens is 1. The number of hydrogen-bond donors (Lipinski definition) is 4. The van der Waals surface area contributed by atoms with Crippen molar-refractivity contribution in [3.05, 3.63) is 42.0 Å². The summed E-state index contributed by atoms with van der Waals surface area (Å²) in [6.07, 6.45) is 2.52. The summed E-state index contributed by atoms with van der Waals surface area (Å²) in [7, 11) is 0. The van der Waals surface area contributed by atoms with E-state index in [2.05, 4.69) is 36.0 Å². The summed E-state index contributed by atoms with van der Waals surface area (Å²) in [5, 5.41) is 15.9. The number of amides is 2. The van der Waals surface area contributed by atoms with E-state index in [1.165, 1.54) is 6.33 Å². The highest BCUT2D eigenvalue weighted by Gasteiger charge is 2.23. The summed E-state index contributed by atoms with van der Waals surface area (Å²) in [5.41, 5.74) is 6.28. The van der Waals surface area contributed by atoms with Crippen molar-refractivity contribution < 1.29 is 18.8 Å². The van der Waals surface area contributed by atoms with Crippen LogP contribution in [0.2, 0.25) is 0 Å². The summed E-state index contributed by atoms with van der Waals surface area (Å²) >= 11 is 0. The van der Waals surface area contributed by atoms with Crippen LogP contribution in [0.4, 0.5) is 10.5 Å². The second kappa shape index (κ2) is 11.0. The molecular weight excluding hydrogens is 416 g/mol. The average molecular weight is 442 g/mol. The third-order valence-electron chi connectivity index (χ3n) is 4.34. The predicted octanol–water partition coefficient (Wildman–Crippen LogP) is 2.27. The van der Waals surface area contributed by atoms with Crippen molar-refractivity contribution in [2.75, 3.05) is 18.5 Å². The molecule has 3 rings (SSSR count). The van der Waals surface area contributed by atoms with Crippen molar-refractivity contribution in [3.8, 4) is 11.6 Å². The lowest BCUT2D eigenvalue weighted by Gasteiger charge is -2.17. The van der Waals surface area contributed by atoms with E-state index in [0.29, 0.717) is 36.5 Å². The Kier molecular flexibility index (Phi) is 7.86. The molecule has 0 aliphatic rings. The number of benzene rings is 1. The third kappa shape index (κ3) is 6.35. The van der Waals surface area contributed by atoms with Crippen molar-refractivity contribution in [1.29, 1.82) is 0 Å². The first-order chi connectivity index (χ1) is 15.5. The van der Waals surface area contributed by atoms with Crippen molar-refractivity contribution >= 4 is 17.7 Å². The second-order valence-electron chi connectivity index (χ2n) is 7.43. The fraction of sp³-hybridized carbons (Fsp3) is 0.400. The predicted molar refractivity (Wildman–Crippen MR) is 114 cm³/mol. The zero-order valence-electron chi connectivity index (χ0n) is 17.9. The number of rotatable bonds is 10. The Bertz CT molecular complexity index is 1000. The Morgan fingerprint density at radius 1 is 1.25 bits per heavy atom. The van der Waals surface area contributed by atoms with Gasteiger partial charge in [0.05, 0.1) is 12.2 Å². The van der Waals surface area contributed by atoms with E-state index >= 15 is 0 Å². The minimum Gasteiger partial charge on any atom is -0.462 e. The number of carbonyl (C=O) groups is 2. The number of ether oxygens (including phenoxy) is 1. The van der Waals surface area contributed by atoms with Gasteiger partial charge in [0.1, 0.15) is 12.4 Å². The number of nitrogens with one attached hydrogen (secondary N) is 3. The first-order valence-corrected chi connectivity index (χ1v) is 10.2. The zero-order chi connectivity index (χ0) is 22.9. The molecule has 0 aliphatic heterocycles. The van der Waals surface area contributed by atoms with Gasteiger partial charge in [0.2, 0.25) is 11.7 Å². The lowest BCUT2D eigenvalue weighted by atomic mass is 10.0. The molecule has 0 aliphatic carbocycles. The molecule has 0 saturated carbocycles. The Labute approximate surface area is 184 Å². The summed E-state index contributed by atoms with van der Waals surface area (Å²) in [5.74, 6) is 0.698. The summed E-state index contributed by atoms with van der Waals surface area (Å²) < 4.78 is 10.4. The van der Waals surface area contributed by atoms with E-state index in [1.807, 2.05) is 13.8 Å². The maximum Gasteiger partial charge on any atom is 0.338 e. The van der Waals surface area contributed by atoms with E-state index in [1.54, 1.807) is 24.3 Å². The van der Waals surface area contributed by atoms with Crippen LogP contribution in [-0.2, 0) is 4.74 Å². The molecule has 0 radical (unpaired) electrons. The summed E-state index contributed by atoms with van der Waals surface area (Å²) in [4.78, 5) is 32.8. The van der Waals surface area contributed by atoms with E-state index in [9.17, 15) is 9.59 Å². The van der Waals surface area contributed by atoms with Gasteiger partial charge in [-0.15, -0.1) is 0 Å². The number of aromatic amines is 1. The van der Waals surface area contributed by atoms with Crippen LogP contribution in [0.1, 0.15) is 49.0 Å². The van der Waals surface area contributed by atoms with Gasteiger partial charge in [-0.3, -0.25) is 5.10 Å². The Morgan fingerprint density at radius 3 is 2.69 bits per heavy atom. The van der Waals surface area contributed by atoms with Crippen molar-refractivity contribution in [2.24, 2.45) is 11.7 Å². The largest absolute Gasteiger partial charge is 0.462 e. The van der Waals surface area contributed by atoms with Gasteiger partial charge in [-0.25, -0.2) is 14.6 Å². The topological polar surface area (TPSA) is 174 Å². The number of carbonyl (C=O) groups excluding carboxylic acids is 2. The molecule has 170 valence electrons. The van der Waals surface area contributed by atoms with Gasteiger partial charge in [-0.05, 0) is 49.6 Å². The molecule has 0 saturated heterocycles. The van der Waals surface area contributed by atoms with Crippen LogP contribution in [0, 0.1) is 5.92 Å². The molecule has 12 nitrogen and oxygen atoms in total. The molecule has 32 heavy (non-hydrogen) atoms. The molecule has 2 aromatic heterocycles. The number of urea groups is 1. The van der Waals surface area contributed by atoms with E-state index in [-0.39, 0.29) is 24.2 Å². The van der Waals surface area contributed by atoms with Crippen LogP contribution < -0.4 is 16.4 Å². The van der Waals surface area contributed by atoms with Crippen LogP contribution in [0.5, 0.6) is 0 Å². The highest BCUT2D eigenvalue weighted by Crippen LogP contribution is 2.22.